The lowest BCUT2D eigenvalue weighted by Crippen LogP contribution is -2.41. The Bertz CT molecular complexity index is 459. The van der Waals surface area contributed by atoms with E-state index in [1.807, 2.05) is 6.92 Å². The van der Waals surface area contributed by atoms with E-state index in [1.54, 1.807) is 0 Å². The van der Waals surface area contributed by atoms with E-state index in [2.05, 4.69) is 5.32 Å². The molecule has 1 aliphatic rings. The Morgan fingerprint density at radius 2 is 2.00 bits per heavy atom. The number of benzene rings is 1. The van der Waals surface area contributed by atoms with Crippen LogP contribution < -0.4 is 10.2 Å². The highest BCUT2D eigenvalue weighted by Crippen LogP contribution is 2.21. The maximum atomic E-state index is 12.8. The number of hydrogen-bond donors (Lipinski definition) is 1. The normalized spacial score (nSPS) is 20.6. The summed E-state index contributed by atoms with van der Waals surface area (Å²) in [6, 6.07) is 4.89. The van der Waals surface area contributed by atoms with Crippen molar-refractivity contribution < 1.29 is 14.0 Å². The van der Waals surface area contributed by atoms with Crippen LogP contribution in [0.2, 0.25) is 0 Å². The Balaban J connectivity index is 2.27. The van der Waals surface area contributed by atoms with Gasteiger partial charge >= 0.3 is 6.03 Å². The molecule has 1 atom stereocenters. The van der Waals surface area contributed by atoms with Crippen molar-refractivity contribution in [1.82, 2.24) is 5.32 Å². The van der Waals surface area contributed by atoms with E-state index in [9.17, 15) is 14.0 Å². The molecule has 1 saturated heterocycles. The summed E-state index contributed by atoms with van der Waals surface area (Å²) in [5, 5.41) is 2.71. The first-order valence-corrected chi connectivity index (χ1v) is 5.98. The number of anilines is 1. The van der Waals surface area contributed by atoms with Crippen LogP contribution in [-0.4, -0.2) is 18.5 Å². The molecule has 1 heterocycles. The highest BCUT2D eigenvalue weighted by atomic mass is 19.1. The van der Waals surface area contributed by atoms with Crippen molar-refractivity contribution in [3.8, 4) is 0 Å². The molecule has 1 aliphatic heterocycles. The number of nitrogens with zero attached hydrogens (tertiary/aromatic N) is 1. The van der Waals surface area contributed by atoms with Gasteiger partial charge in [-0.2, -0.15) is 0 Å². The van der Waals surface area contributed by atoms with Crippen molar-refractivity contribution in [3.05, 3.63) is 30.1 Å². The fourth-order valence-electron chi connectivity index (χ4n) is 1.97. The van der Waals surface area contributed by atoms with Crippen LogP contribution in [0.15, 0.2) is 24.3 Å². The molecule has 4 nitrogen and oxygen atoms in total. The van der Waals surface area contributed by atoms with Crippen molar-refractivity contribution in [2.75, 3.05) is 11.4 Å². The van der Waals surface area contributed by atoms with Crippen molar-refractivity contribution >= 4 is 17.6 Å². The van der Waals surface area contributed by atoms with E-state index in [0.29, 0.717) is 18.7 Å². The smallest absolute Gasteiger partial charge is 0.328 e. The molecule has 0 aromatic heterocycles. The molecular formula is C13H15FN2O2. The van der Waals surface area contributed by atoms with Crippen LogP contribution in [0.25, 0.3) is 0 Å². The Kier molecular flexibility index (Phi) is 3.60. The third-order valence-electron chi connectivity index (χ3n) is 3.12. The van der Waals surface area contributed by atoms with E-state index in [-0.39, 0.29) is 11.8 Å². The molecule has 5 heteroatoms. The number of nitrogens with one attached hydrogen (secondary N) is 1. The average Bonchev–Trinajstić information content (AvgIpc) is 2.50. The van der Waals surface area contributed by atoms with Crippen LogP contribution in [0, 0.1) is 11.7 Å². The summed E-state index contributed by atoms with van der Waals surface area (Å²) in [4.78, 5) is 25.0. The average molecular weight is 250 g/mol. The van der Waals surface area contributed by atoms with Crippen LogP contribution in [0.3, 0.4) is 0 Å². The molecule has 18 heavy (non-hydrogen) atoms. The number of urea groups is 1. The first-order chi connectivity index (χ1) is 8.61. The largest absolute Gasteiger partial charge is 0.337 e. The standard InChI is InChI=1S/C13H15FN2O2/c1-2-9-7-12(17)16(13(18)15-8-9)11-5-3-10(14)4-6-11/h3-6,9H,2,7-8H2,1H3,(H,15,18). The van der Waals surface area contributed by atoms with Crippen molar-refractivity contribution in [2.24, 2.45) is 5.92 Å². The van der Waals surface area contributed by atoms with Gasteiger partial charge in [-0.15, -0.1) is 0 Å². The van der Waals surface area contributed by atoms with Gasteiger partial charge in [0, 0.05) is 13.0 Å². The van der Waals surface area contributed by atoms with Gasteiger partial charge in [-0.05, 0) is 30.2 Å². The Hall–Kier alpha value is -1.91. The zero-order chi connectivity index (χ0) is 13.1. The third kappa shape index (κ3) is 2.50. The van der Waals surface area contributed by atoms with Crippen LogP contribution in [0.5, 0.6) is 0 Å². The first kappa shape index (κ1) is 12.5. The lowest BCUT2D eigenvalue weighted by atomic mass is 10.0. The summed E-state index contributed by atoms with van der Waals surface area (Å²) in [5.74, 6) is -0.483. The topological polar surface area (TPSA) is 49.4 Å². The van der Waals surface area contributed by atoms with E-state index >= 15 is 0 Å². The van der Waals surface area contributed by atoms with Gasteiger partial charge in [0.15, 0.2) is 0 Å². The minimum Gasteiger partial charge on any atom is -0.337 e. The van der Waals surface area contributed by atoms with E-state index in [1.165, 1.54) is 24.3 Å². The lowest BCUT2D eigenvalue weighted by molar-refractivity contribution is -0.118. The minimum absolute atomic E-state index is 0.159. The first-order valence-electron chi connectivity index (χ1n) is 5.98. The van der Waals surface area contributed by atoms with E-state index in [4.69, 9.17) is 0 Å². The molecule has 0 spiro atoms. The van der Waals surface area contributed by atoms with Gasteiger partial charge < -0.3 is 5.32 Å². The van der Waals surface area contributed by atoms with Gasteiger partial charge in [0.25, 0.3) is 0 Å². The van der Waals surface area contributed by atoms with Crippen molar-refractivity contribution in [1.29, 1.82) is 0 Å². The number of rotatable bonds is 2. The third-order valence-corrected chi connectivity index (χ3v) is 3.12. The maximum Gasteiger partial charge on any atom is 0.328 e. The summed E-state index contributed by atoms with van der Waals surface area (Å²) in [6.07, 6.45) is 1.16. The summed E-state index contributed by atoms with van der Waals surface area (Å²) in [5.41, 5.74) is 0.399. The van der Waals surface area contributed by atoms with Crippen LogP contribution in [-0.2, 0) is 4.79 Å². The second-order valence-corrected chi connectivity index (χ2v) is 4.37. The van der Waals surface area contributed by atoms with Crippen LogP contribution >= 0.6 is 0 Å². The van der Waals surface area contributed by atoms with Gasteiger partial charge in [0.2, 0.25) is 5.91 Å². The lowest BCUT2D eigenvalue weighted by Gasteiger charge is -2.18. The molecule has 3 amide bonds. The predicted octanol–water partition coefficient (Wildman–Crippen LogP) is 2.30. The molecule has 1 fully saturated rings. The number of hydrogen-bond acceptors (Lipinski definition) is 2. The summed E-state index contributed by atoms with van der Waals surface area (Å²) < 4.78 is 12.8. The van der Waals surface area contributed by atoms with Crippen LogP contribution in [0.4, 0.5) is 14.9 Å². The van der Waals surface area contributed by atoms with E-state index in [0.717, 1.165) is 11.3 Å². The molecule has 0 bridgehead atoms. The maximum absolute atomic E-state index is 12.8. The second-order valence-electron chi connectivity index (χ2n) is 4.37. The second kappa shape index (κ2) is 5.16. The molecule has 0 aliphatic carbocycles. The molecule has 1 aromatic carbocycles. The van der Waals surface area contributed by atoms with Gasteiger partial charge in [0.1, 0.15) is 5.82 Å². The Labute approximate surface area is 105 Å². The quantitative estimate of drug-likeness (QED) is 0.875. The van der Waals surface area contributed by atoms with Gasteiger partial charge in [0.05, 0.1) is 5.69 Å². The fourth-order valence-corrected chi connectivity index (χ4v) is 1.97. The Morgan fingerprint density at radius 1 is 1.33 bits per heavy atom. The molecule has 2 rings (SSSR count). The minimum atomic E-state index is -0.442. The number of amides is 3. The zero-order valence-electron chi connectivity index (χ0n) is 10.1. The zero-order valence-corrected chi connectivity index (χ0v) is 10.1. The van der Waals surface area contributed by atoms with Crippen LogP contribution in [0.1, 0.15) is 19.8 Å². The molecule has 96 valence electrons. The Morgan fingerprint density at radius 3 is 2.61 bits per heavy atom. The SMILES string of the molecule is CCC1CNC(=O)N(c2ccc(F)cc2)C(=O)C1. The highest BCUT2D eigenvalue weighted by Gasteiger charge is 2.29. The summed E-state index contributed by atoms with van der Waals surface area (Å²) >= 11 is 0. The molecule has 1 aromatic rings. The van der Waals surface area contributed by atoms with Crippen molar-refractivity contribution in [2.45, 2.75) is 19.8 Å². The highest BCUT2D eigenvalue weighted by molar-refractivity contribution is 6.14. The van der Waals surface area contributed by atoms with Gasteiger partial charge in [-0.1, -0.05) is 13.3 Å². The molecule has 0 radical (unpaired) electrons. The predicted molar refractivity (Wildman–Crippen MR) is 65.7 cm³/mol. The van der Waals surface area contributed by atoms with Gasteiger partial charge in [-0.3, -0.25) is 4.79 Å². The monoisotopic (exact) mass is 250 g/mol. The summed E-state index contributed by atoms with van der Waals surface area (Å²) in [6.45, 7) is 2.48. The van der Waals surface area contributed by atoms with E-state index < -0.39 is 11.8 Å². The fraction of sp³-hybridized carbons (Fsp3) is 0.385. The molecular weight excluding hydrogens is 235 g/mol. The van der Waals surface area contributed by atoms with Gasteiger partial charge in [-0.25, -0.2) is 14.1 Å². The number of carbonyl (C=O) groups is 2. The summed E-state index contributed by atoms with van der Waals surface area (Å²) in [7, 11) is 0. The van der Waals surface area contributed by atoms with Crippen molar-refractivity contribution in [3.63, 3.8) is 0 Å². The number of imide groups is 1. The number of halogens is 1. The number of carbonyl (C=O) groups excluding carboxylic acids is 2. The molecule has 1 N–H and O–H groups in total. The molecule has 0 saturated carbocycles. The molecule has 1 unspecified atom stereocenters.